The number of hydrogen-bond donors (Lipinski definition) is 1. The van der Waals surface area contributed by atoms with Crippen molar-refractivity contribution in [2.45, 2.75) is 40.0 Å². The van der Waals surface area contributed by atoms with E-state index in [0.717, 1.165) is 11.8 Å². The number of hydrogen-bond acceptors (Lipinski definition) is 1. The predicted octanol–water partition coefficient (Wildman–Crippen LogP) is 2.13. The molecule has 1 aromatic rings. The van der Waals surface area contributed by atoms with Crippen LogP contribution in [0.3, 0.4) is 0 Å². The number of rotatable bonds is 4. The summed E-state index contributed by atoms with van der Waals surface area (Å²) >= 11 is 0. The number of unbranched alkanes of at least 4 members (excludes halogenated alkanes) is 1. The minimum Gasteiger partial charge on any atom is -0.278 e. The molecule has 0 saturated carbocycles. The number of nitrogens with one attached hydrogen (secondary N) is 1. The van der Waals surface area contributed by atoms with Gasteiger partial charge in [0.05, 0.1) is 11.5 Å². The lowest BCUT2D eigenvalue weighted by atomic mass is 10.1. The molecule has 0 atom stereocenters. The van der Waals surface area contributed by atoms with Crippen LogP contribution in [-0.2, 0) is 0 Å². The van der Waals surface area contributed by atoms with E-state index < -0.39 is 0 Å². The summed E-state index contributed by atoms with van der Waals surface area (Å²) in [5.41, 5.74) is 1.39. The molecule has 0 amide bonds. The van der Waals surface area contributed by atoms with Gasteiger partial charge in [0.1, 0.15) is 0 Å². The van der Waals surface area contributed by atoms with Crippen LogP contribution >= 0.6 is 0 Å². The largest absolute Gasteiger partial charge is 0.278 e. The third-order valence-electron chi connectivity index (χ3n) is 2.52. The van der Waals surface area contributed by atoms with E-state index in [1.165, 1.54) is 23.6 Å². The van der Waals surface area contributed by atoms with Crippen molar-refractivity contribution >= 4 is 12.2 Å². The number of aromatic nitrogens is 2. The molecule has 1 aromatic heterocycles. The van der Waals surface area contributed by atoms with E-state index in [9.17, 15) is 0 Å². The van der Waals surface area contributed by atoms with Crippen molar-refractivity contribution in [2.75, 3.05) is 0 Å². The van der Waals surface area contributed by atoms with Crippen molar-refractivity contribution in [3.63, 3.8) is 0 Å². The summed E-state index contributed by atoms with van der Waals surface area (Å²) in [6, 6.07) is 0. The predicted molar refractivity (Wildman–Crippen MR) is 65.7 cm³/mol. The molecule has 0 aromatic carbocycles. The van der Waals surface area contributed by atoms with Crippen LogP contribution in [0.1, 0.15) is 40.0 Å². The molecule has 0 unspecified atom stereocenters. The van der Waals surface area contributed by atoms with E-state index in [1.807, 2.05) is 19.2 Å². The highest BCUT2D eigenvalue weighted by atomic mass is 15.1. The molecule has 0 saturated heterocycles. The molecule has 1 heterocycles. The van der Waals surface area contributed by atoms with Crippen molar-refractivity contribution in [1.29, 1.82) is 0 Å². The van der Waals surface area contributed by atoms with Crippen LogP contribution in [0, 0.1) is 0 Å². The molecule has 0 fully saturated rings. The minimum atomic E-state index is 1.10. The van der Waals surface area contributed by atoms with Crippen LogP contribution in [0.15, 0.2) is 17.8 Å². The van der Waals surface area contributed by atoms with Gasteiger partial charge in [-0.2, -0.15) is 5.10 Å². The first-order chi connectivity index (χ1) is 7.31. The van der Waals surface area contributed by atoms with Crippen molar-refractivity contribution in [3.8, 4) is 0 Å². The maximum Gasteiger partial charge on any atom is 0.0607 e. The van der Waals surface area contributed by atoms with E-state index >= 15 is 0 Å². The first-order valence-corrected chi connectivity index (χ1v) is 5.64. The Balaban J connectivity index is 2.95. The van der Waals surface area contributed by atoms with Gasteiger partial charge >= 0.3 is 0 Å². The molecule has 1 rings (SSSR count). The van der Waals surface area contributed by atoms with Gasteiger partial charge in [-0.3, -0.25) is 5.10 Å². The Hall–Kier alpha value is -1.31. The van der Waals surface area contributed by atoms with E-state index in [4.69, 9.17) is 0 Å². The first kappa shape index (κ1) is 11.8. The number of H-pyrrole nitrogens is 1. The SMILES string of the molecule is C\C=C(/C=c1/cn[nH]/c1=C/C)CCCC. The maximum absolute atomic E-state index is 4.05. The highest BCUT2D eigenvalue weighted by Crippen LogP contribution is 2.07. The average molecular weight is 204 g/mol. The summed E-state index contributed by atoms with van der Waals surface area (Å²) in [7, 11) is 0. The van der Waals surface area contributed by atoms with Crippen LogP contribution in [-0.4, -0.2) is 10.2 Å². The lowest BCUT2D eigenvalue weighted by molar-refractivity contribution is 0.801. The average Bonchev–Trinajstić information content (AvgIpc) is 2.71. The van der Waals surface area contributed by atoms with E-state index in [1.54, 1.807) is 0 Å². The van der Waals surface area contributed by atoms with Gasteiger partial charge in [0.2, 0.25) is 0 Å². The van der Waals surface area contributed by atoms with Gasteiger partial charge in [0.15, 0.2) is 0 Å². The molecule has 82 valence electrons. The monoisotopic (exact) mass is 204 g/mol. The van der Waals surface area contributed by atoms with Gasteiger partial charge in [0.25, 0.3) is 0 Å². The highest BCUT2D eigenvalue weighted by molar-refractivity contribution is 5.46. The van der Waals surface area contributed by atoms with Crippen molar-refractivity contribution in [1.82, 2.24) is 10.2 Å². The molecule has 15 heavy (non-hydrogen) atoms. The zero-order valence-corrected chi connectivity index (χ0v) is 9.88. The standard InChI is InChI=1S/C13H20N2/c1-4-7-8-11(5-2)9-12-10-14-15-13(12)6-3/h5-6,9-10,15H,4,7-8H2,1-3H3/b11-5-,12-9-,13-6+. The summed E-state index contributed by atoms with van der Waals surface area (Å²) in [6.45, 7) is 6.33. The number of allylic oxidation sites excluding steroid dienone is 2. The molecular weight excluding hydrogens is 184 g/mol. The van der Waals surface area contributed by atoms with Gasteiger partial charge in [-0.15, -0.1) is 0 Å². The quantitative estimate of drug-likeness (QED) is 0.799. The molecule has 0 radical (unpaired) electrons. The molecular formula is C13H20N2. The summed E-state index contributed by atoms with van der Waals surface area (Å²) in [4.78, 5) is 0. The van der Waals surface area contributed by atoms with Crippen LogP contribution in [0.25, 0.3) is 12.2 Å². The maximum atomic E-state index is 4.05. The lowest BCUT2D eigenvalue weighted by Gasteiger charge is -1.98. The molecule has 0 aliphatic rings. The second-order valence-electron chi connectivity index (χ2n) is 3.64. The zero-order valence-electron chi connectivity index (χ0n) is 9.88. The summed E-state index contributed by atoms with van der Waals surface area (Å²) in [6.07, 6.45) is 12.0. The molecule has 1 N–H and O–H groups in total. The topological polar surface area (TPSA) is 28.7 Å². The summed E-state index contributed by atoms with van der Waals surface area (Å²) in [5.74, 6) is 0. The van der Waals surface area contributed by atoms with Gasteiger partial charge in [-0.1, -0.05) is 31.1 Å². The Kier molecular flexibility index (Phi) is 4.88. The van der Waals surface area contributed by atoms with Crippen molar-refractivity contribution in [3.05, 3.63) is 28.4 Å². The number of nitrogens with zero attached hydrogens (tertiary/aromatic N) is 1. The van der Waals surface area contributed by atoms with E-state index in [-0.39, 0.29) is 0 Å². The molecule has 0 spiro atoms. The molecule has 2 heteroatoms. The Morgan fingerprint density at radius 1 is 1.47 bits per heavy atom. The molecule has 0 aliphatic carbocycles. The van der Waals surface area contributed by atoms with E-state index in [0.29, 0.717) is 0 Å². The third kappa shape index (κ3) is 3.39. The zero-order chi connectivity index (χ0) is 11.1. The Labute approximate surface area is 91.4 Å². The third-order valence-corrected chi connectivity index (χ3v) is 2.52. The molecule has 0 aliphatic heterocycles. The smallest absolute Gasteiger partial charge is 0.0607 e. The fraction of sp³-hybridized carbons (Fsp3) is 0.462. The van der Waals surface area contributed by atoms with Crippen molar-refractivity contribution < 1.29 is 0 Å². The second kappa shape index (κ2) is 6.23. The van der Waals surface area contributed by atoms with Gasteiger partial charge < -0.3 is 0 Å². The fourth-order valence-electron chi connectivity index (χ4n) is 1.53. The molecule has 2 nitrogen and oxygen atoms in total. The lowest BCUT2D eigenvalue weighted by Crippen LogP contribution is -2.21. The van der Waals surface area contributed by atoms with Gasteiger partial charge in [-0.25, -0.2) is 0 Å². The summed E-state index contributed by atoms with van der Waals surface area (Å²) < 4.78 is 0. The van der Waals surface area contributed by atoms with Crippen molar-refractivity contribution in [2.24, 2.45) is 0 Å². The van der Waals surface area contributed by atoms with Crippen LogP contribution in [0.2, 0.25) is 0 Å². The van der Waals surface area contributed by atoms with Crippen LogP contribution in [0.4, 0.5) is 0 Å². The number of aromatic amines is 1. The fourth-order valence-corrected chi connectivity index (χ4v) is 1.53. The minimum absolute atomic E-state index is 1.10. The Bertz CT molecular complexity index is 424. The van der Waals surface area contributed by atoms with E-state index in [2.05, 4.69) is 36.2 Å². The normalized spacial score (nSPS) is 15.0. The van der Waals surface area contributed by atoms with Gasteiger partial charge in [-0.05, 0) is 32.8 Å². The van der Waals surface area contributed by atoms with Crippen LogP contribution < -0.4 is 10.6 Å². The second-order valence-corrected chi connectivity index (χ2v) is 3.64. The van der Waals surface area contributed by atoms with Crippen LogP contribution in [0.5, 0.6) is 0 Å². The Morgan fingerprint density at radius 2 is 2.27 bits per heavy atom. The highest BCUT2D eigenvalue weighted by Gasteiger charge is 1.92. The Morgan fingerprint density at radius 3 is 2.87 bits per heavy atom. The summed E-state index contributed by atoms with van der Waals surface area (Å²) in [5, 5.41) is 9.31. The van der Waals surface area contributed by atoms with Gasteiger partial charge in [0, 0.05) is 5.22 Å². The first-order valence-electron chi connectivity index (χ1n) is 5.64. The molecule has 0 bridgehead atoms.